The lowest BCUT2D eigenvalue weighted by atomic mass is 9.96. The van der Waals surface area contributed by atoms with Crippen LogP contribution in [0.25, 0.3) is 0 Å². The van der Waals surface area contributed by atoms with Crippen LogP contribution in [0, 0.1) is 0 Å². The Morgan fingerprint density at radius 2 is 1.73 bits per heavy atom. The summed E-state index contributed by atoms with van der Waals surface area (Å²) in [6.07, 6.45) is 7.83. The zero-order chi connectivity index (χ0) is 23.7. The number of carbonyl (C=O) groups excluding carboxylic acids is 1. The number of amides is 1. The molecule has 0 bridgehead atoms. The molecular formula is C25H33ClN2O4S. The smallest absolute Gasteiger partial charge is 0.241 e. The standard InChI is InChI=1S/C25H33ClN2O4S/c1-2-32-24-16-15-21(18-22(24)26)33(30,31)28-23(17-19-11-7-6-8-12-19)25(29)27-20-13-9-4-3-5-10-14-20/h6-8,11-12,15-16,18,20,23,28H,2-5,9-10,13-14,17H2,1H3,(H,27,29). The molecule has 180 valence electrons. The van der Waals surface area contributed by atoms with Gasteiger partial charge in [0, 0.05) is 6.04 Å². The van der Waals surface area contributed by atoms with E-state index in [1.165, 1.54) is 37.5 Å². The average Bonchev–Trinajstić information content (AvgIpc) is 2.77. The second-order valence-corrected chi connectivity index (χ2v) is 10.6. The Morgan fingerprint density at radius 1 is 1.06 bits per heavy atom. The fraction of sp³-hybridized carbons (Fsp3) is 0.480. The van der Waals surface area contributed by atoms with Gasteiger partial charge in [0.2, 0.25) is 15.9 Å². The molecule has 1 aliphatic carbocycles. The lowest BCUT2D eigenvalue weighted by Crippen LogP contribution is -2.50. The SMILES string of the molecule is CCOc1ccc(S(=O)(=O)NC(Cc2ccccc2)C(=O)NC2CCCCCCC2)cc1Cl. The van der Waals surface area contributed by atoms with E-state index in [4.69, 9.17) is 16.3 Å². The number of nitrogens with one attached hydrogen (secondary N) is 2. The molecule has 8 heteroatoms. The quantitative estimate of drug-likeness (QED) is 0.523. The fourth-order valence-electron chi connectivity index (χ4n) is 4.12. The summed E-state index contributed by atoms with van der Waals surface area (Å²) < 4.78 is 34.3. The molecule has 0 radical (unpaired) electrons. The Kier molecular flexibility index (Phi) is 9.59. The Hall–Kier alpha value is -2.09. The average molecular weight is 493 g/mol. The van der Waals surface area contributed by atoms with Gasteiger partial charge in [-0.25, -0.2) is 8.42 Å². The minimum absolute atomic E-state index is 0.00670. The van der Waals surface area contributed by atoms with Crippen molar-refractivity contribution in [1.29, 1.82) is 0 Å². The highest BCUT2D eigenvalue weighted by Gasteiger charge is 2.28. The van der Waals surface area contributed by atoms with E-state index in [1.54, 1.807) is 0 Å². The fourth-order valence-corrected chi connectivity index (χ4v) is 5.64. The lowest BCUT2D eigenvalue weighted by molar-refractivity contribution is -0.123. The van der Waals surface area contributed by atoms with Gasteiger partial charge in [-0.2, -0.15) is 4.72 Å². The number of halogens is 1. The lowest BCUT2D eigenvalue weighted by Gasteiger charge is -2.25. The summed E-state index contributed by atoms with van der Waals surface area (Å²) in [4.78, 5) is 13.2. The molecule has 2 aromatic rings. The van der Waals surface area contributed by atoms with E-state index < -0.39 is 16.1 Å². The van der Waals surface area contributed by atoms with Crippen LogP contribution in [0.15, 0.2) is 53.4 Å². The first-order chi connectivity index (χ1) is 15.9. The van der Waals surface area contributed by atoms with Crippen molar-refractivity contribution < 1.29 is 17.9 Å². The zero-order valence-electron chi connectivity index (χ0n) is 19.1. The van der Waals surface area contributed by atoms with Crippen LogP contribution in [0.1, 0.15) is 57.4 Å². The van der Waals surface area contributed by atoms with Gasteiger partial charge in [0.1, 0.15) is 11.8 Å². The topological polar surface area (TPSA) is 84.5 Å². The second-order valence-electron chi connectivity index (χ2n) is 8.44. The van der Waals surface area contributed by atoms with Gasteiger partial charge in [0.05, 0.1) is 16.5 Å². The number of benzene rings is 2. The van der Waals surface area contributed by atoms with Crippen molar-refractivity contribution in [2.24, 2.45) is 0 Å². The predicted octanol–water partition coefficient (Wildman–Crippen LogP) is 4.86. The summed E-state index contributed by atoms with van der Waals surface area (Å²) in [5, 5.41) is 3.31. The first-order valence-electron chi connectivity index (χ1n) is 11.7. The summed E-state index contributed by atoms with van der Waals surface area (Å²) in [5.74, 6) is 0.117. The number of rotatable bonds is 9. The van der Waals surface area contributed by atoms with Gasteiger partial charge >= 0.3 is 0 Å². The van der Waals surface area contributed by atoms with E-state index >= 15 is 0 Å². The van der Waals surface area contributed by atoms with Crippen LogP contribution in [-0.2, 0) is 21.2 Å². The molecule has 0 saturated heterocycles. The largest absolute Gasteiger partial charge is 0.492 e. The van der Waals surface area contributed by atoms with Crippen molar-refractivity contribution in [2.45, 2.75) is 75.3 Å². The maximum Gasteiger partial charge on any atom is 0.241 e. The summed E-state index contributed by atoms with van der Waals surface area (Å²) >= 11 is 6.20. The minimum Gasteiger partial charge on any atom is -0.492 e. The van der Waals surface area contributed by atoms with Gasteiger partial charge in [-0.05, 0) is 49.9 Å². The third kappa shape index (κ3) is 7.73. The number of sulfonamides is 1. The Bertz CT molecular complexity index is 1010. The third-order valence-electron chi connectivity index (χ3n) is 5.86. The van der Waals surface area contributed by atoms with Crippen molar-refractivity contribution in [1.82, 2.24) is 10.0 Å². The normalized spacial score (nSPS) is 16.4. The molecule has 0 aromatic heterocycles. The van der Waals surface area contributed by atoms with E-state index in [2.05, 4.69) is 10.0 Å². The van der Waals surface area contributed by atoms with E-state index in [9.17, 15) is 13.2 Å². The van der Waals surface area contributed by atoms with Crippen LogP contribution < -0.4 is 14.8 Å². The van der Waals surface area contributed by atoms with Crippen molar-refractivity contribution in [3.63, 3.8) is 0 Å². The van der Waals surface area contributed by atoms with Gasteiger partial charge in [-0.1, -0.05) is 74.0 Å². The van der Waals surface area contributed by atoms with Gasteiger partial charge in [-0.3, -0.25) is 4.79 Å². The predicted molar refractivity (Wildman–Crippen MR) is 131 cm³/mol. The summed E-state index contributed by atoms with van der Waals surface area (Å²) in [6, 6.07) is 12.9. The highest BCUT2D eigenvalue weighted by atomic mass is 35.5. The molecule has 3 rings (SSSR count). The molecule has 33 heavy (non-hydrogen) atoms. The van der Waals surface area contributed by atoms with Gasteiger partial charge in [0.25, 0.3) is 0 Å². The molecule has 1 unspecified atom stereocenters. The molecule has 0 heterocycles. The molecule has 0 spiro atoms. The number of hydrogen-bond acceptors (Lipinski definition) is 4. The van der Waals surface area contributed by atoms with E-state index in [0.29, 0.717) is 12.4 Å². The summed E-state index contributed by atoms with van der Waals surface area (Å²) in [7, 11) is -3.98. The third-order valence-corrected chi connectivity index (χ3v) is 7.63. The minimum atomic E-state index is -3.98. The molecule has 2 aromatic carbocycles. The molecule has 1 fully saturated rings. The van der Waals surface area contributed by atoms with Crippen molar-refractivity contribution >= 4 is 27.5 Å². The van der Waals surface area contributed by atoms with Crippen LogP contribution in [0.3, 0.4) is 0 Å². The maximum absolute atomic E-state index is 13.2. The molecular weight excluding hydrogens is 460 g/mol. The van der Waals surface area contributed by atoms with Crippen LogP contribution in [-0.4, -0.2) is 33.0 Å². The molecule has 1 atom stereocenters. The van der Waals surface area contributed by atoms with Crippen LogP contribution in [0.4, 0.5) is 0 Å². The monoisotopic (exact) mass is 492 g/mol. The Morgan fingerprint density at radius 3 is 2.36 bits per heavy atom. The molecule has 1 aliphatic rings. The first kappa shape index (κ1) is 25.5. The highest BCUT2D eigenvalue weighted by molar-refractivity contribution is 7.89. The molecule has 6 nitrogen and oxygen atoms in total. The van der Waals surface area contributed by atoms with Gasteiger partial charge < -0.3 is 10.1 Å². The molecule has 1 saturated carbocycles. The number of carbonyl (C=O) groups is 1. The van der Waals surface area contributed by atoms with Crippen molar-refractivity contribution in [3.05, 3.63) is 59.1 Å². The number of ether oxygens (including phenoxy) is 1. The Balaban J connectivity index is 1.79. The maximum atomic E-state index is 13.2. The summed E-state index contributed by atoms with van der Waals surface area (Å²) in [6.45, 7) is 2.25. The van der Waals surface area contributed by atoms with E-state index in [1.807, 2.05) is 37.3 Å². The second kappa shape index (κ2) is 12.4. The van der Waals surface area contributed by atoms with Crippen LogP contribution >= 0.6 is 11.6 Å². The van der Waals surface area contributed by atoms with E-state index in [-0.39, 0.29) is 28.3 Å². The number of hydrogen-bond donors (Lipinski definition) is 2. The zero-order valence-corrected chi connectivity index (χ0v) is 20.6. The van der Waals surface area contributed by atoms with Crippen molar-refractivity contribution in [2.75, 3.05) is 6.61 Å². The van der Waals surface area contributed by atoms with Gasteiger partial charge in [0.15, 0.2) is 0 Å². The van der Waals surface area contributed by atoms with Crippen LogP contribution in [0.2, 0.25) is 5.02 Å². The highest BCUT2D eigenvalue weighted by Crippen LogP contribution is 2.27. The summed E-state index contributed by atoms with van der Waals surface area (Å²) in [5.41, 5.74) is 0.878. The molecule has 2 N–H and O–H groups in total. The van der Waals surface area contributed by atoms with Crippen molar-refractivity contribution in [3.8, 4) is 5.75 Å². The first-order valence-corrected chi connectivity index (χ1v) is 13.5. The molecule has 0 aliphatic heterocycles. The van der Waals surface area contributed by atoms with Crippen LogP contribution in [0.5, 0.6) is 5.75 Å². The van der Waals surface area contributed by atoms with Gasteiger partial charge in [-0.15, -0.1) is 0 Å². The molecule has 1 amide bonds. The van der Waals surface area contributed by atoms with E-state index in [0.717, 1.165) is 31.2 Å². The Labute approximate surface area is 202 Å².